The Morgan fingerprint density at radius 2 is 1.25 bits per heavy atom. The fourth-order valence-corrected chi connectivity index (χ4v) is 6.72. The zero-order valence-electron chi connectivity index (χ0n) is 20.2. The fraction of sp³-hybridized carbons (Fsp3) is 0.323. The molecule has 3 aromatic rings. The summed E-state index contributed by atoms with van der Waals surface area (Å²) < 4.78 is 0. The van der Waals surface area contributed by atoms with E-state index < -0.39 is 6.04 Å². The van der Waals surface area contributed by atoms with Crippen LogP contribution in [0.25, 0.3) is 0 Å². The lowest BCUT2D eigenvalue weighted by molar-refractivity contribution is -0.148. The summed E-state index contributed by atoms with van der Waals surface area (Å²) in [6.45, 7) is 0.364. The lowest BCUT2D eigenvalue weighted by Crippen LogP contribution is -2.53. The molecule has 1 saturated heterocycles. The Balaban J connectivity index is 1.39. The third-order valence-corrected chi connectivity index (χ3v) is 8.35. The largest absolute Gasteiger partial charge is 0.306 e. The quantitative estimate of drug-likeness (QED) is 0.456. The Labute approximate surface area is 211 Å². The molecule has 0 spiro atoms. The molecule has 0 aromatic heterocycles. The Bertz CT molecular complexity index is 1230. The number of para-hydroxylation sites is 1. The number of likely N-dealkylation sites (tertiary alicyclic amines) is 1. The van der Waals surface area contributed by atoms with Gasteiger partial charge in [0.2, 0.25) is 11.8 Å². The van der Waals surface area contributed by atoms with Crippen LogP contribution in [0, 0.1) is 23.7 Å². The predicted molar refractivity (Wildman–Crippen MR) is 138 cm³/mol. The fourth-order valence-electron chi connectivity index (χ4n) is 6.72. The second-order valence-corrected chi connectivity index (χ2v) is 10.4. The van der Waals surface area contributed by atoms with Gasteiger partial charge < -0.3 is 4.90 Å². The van der Waals surface area contributed by atoms with Crippen LogP contribution >= 0.6 is 0 Å². The summed E-state index contributed by atoms with van der Waals surface area (Å²) in [6, 6.07) is 28.2. The zero-order chi connectivity index (χ0) is 24.6. The van der Waals surface area contributed by atoms with Crippen molar-refractivity contribution in [2.24, 2.45) is 23.7 Å². The first-order valence-corrected chi connectivity index (χ1v) is 12.9. The number of fused-ring (bicyclic) bond motifs is 5. The molecular formula is C31H30N2O3. The van der Waals surface area contributed by atoms with E-state index in [-0.39, 0.29) is 41.4 Å². The first kappa shape index (κ1) is 22.7. The maximum absolute atomic E-state index is 14.4. The van der Waals surface area contributed by atoms with Crippen molar-refractivity contribution in [3.63, 3.8) is 0 Å². The lowest BCUT2D eigenvalue weighted by atomic mass is 9.81. The summed E-state index contributed by atoms with van der Waals surface area (Å²) in [4.78, 5) is 45.0. The van der Waals surface area contributed by atoms with Gasteiger partial charge in [0.1, 0.15) is 6.04 Å². The van der Waals surface area contributed by atoms with Crippen molar-refractivity contribution in [3.05, 3.63) is 102 Å². The van der Waals surface area contributed by atoms with Gasteiger partial charge in [-0.2, -0.15) is 0 Å². The van der Waals surface area contributed by atoms with Crippen LogP contribution in [-0.2, 0) is 27.3 Å². The first-order valence-electron chi connectivity index (χ1n) is 12.9. The summed E-state index contributed by atoms with van der Waals surface area (Å²) in [5.41, 5.74) is 2.68. The minimum Gasteiger partial charge on any atom is -0.306 e. The van der Waals surface area contributed by atoms with E-state index in [1.54, 1.807) is 4.90 Å². The number of hydrogen-bond donors (Lipinski definition) is 0. The van der Waals surface area contributed by atoms with Gasteiger partial charge in [-0.05, 0) is 54.4 Å². The number of rotatable bonds is 7. The zero-order valence-corrected chi connectivity index (χ0v) is 20.2. The van der Waals surface area contributed by atoms with Crippen LogP contribution in [0.4, 0.5) is 5.69 Å². The van der Waals surface area contributed by atoms with Crippen molar-refractivity contribution in [2.45, 2.75) is 38.3 Å². The summed E-state index contributed by atoms with van der Waals surface area (Å²) in [5, 5.41) is 0. The van der Waals surface area contributed by atoms with Gasteiger partial charge in [-0.1, -0.05) is 78.9 Å². The molecule has 2 aliphatic carbocycles. The Morgan fingerprint density at radius 3 is 1.81 bits per heavy atom. The molecular weight excluding hydrogens is 448 g/mol. The van der Waals surface area contributed by atoms with Crippen molar-refractivity contribution in [1.29, 1.82) is 0 Å². The van der Waals surface area contributed by atoms with Crippen LogP contribution in [0.2, 0.25) is 0 Å². The minimum atomic E-state index is -0.874. The predicted octanol–water partition coefficient (Wildman–Crippen LogP) is 4.86. The molecule has 0 N–H and O–H groups in total. The molecule has 2 saturated carbocycles. The topological polar surface area (TPSA) is 57.7 Å². The number of carbonyl (C=O) groups is 3. The van der Waals surface area contributed by atoms with Gasteiger partial charge in [0.25, 0.3) is 5.91 Å². The number of benzene rings is 3. The minimum absolute atomic E-state index is 0.140. The van der Waals surface area contributed by atoms with E-state index in [0.29, 0.717) is 13.0 Å². The molecule has 3 aliphatic rings. The molecule has 1 aliphatic heterocycles. The molecule has 1 heterocycles. The van der Waals surface area contributed by atoms with Crippen molar-refractivity contribution < 1.29 is 14.4 Å². The van der Waals surface area contributed by atoms with Crippen LogP contribution in [0.3, 0.4) is 0 Å². The van der Waals surface area contributed by atoms with Crippen molar-refractivity contribution in [3.8, 4) is 0 Å². The summed E-state index contributed by atoms with van der Waals surface area (Å²) in [7, 11) is 0. The standard InChI is InChI=1S/C31H30N2O3/c34-29(32(25-14-8-3-9-15-25)20-22-12-6-2-7-13-22)26(18-21-10-4-1-5-11-21)33-30(35)27-23-16-17-24(19-23)28(27)31(33)36/h1-15,23-24,26-28H,16-20H2/t23-,24-,26-,27-,28-/m0/s1. The molecule has 0 unspecified atom stereocenters. The van der Waals surface area contributed by atoms with Gasteiger partial charge in [-0.15, -0.1) is 0 Å². The molecule has 0 radical (unpaired) electrons. The molecule has 3 amide bonds. The third-order valence-electron chi connectivity index (χ3n) is 8.35. The summed E-state index contributed by atoms with van der Waals surface area (Å²) >= 11 is 0. The number of hydrogen-bond acceptors (Lipinski definition) is 3. The van der Waals surface area contributed by atoms with E-state index in [1.165, 1.54) is 4.90 Å². The third kappa shape index (κ3) is 3.93. The molecule has 3 aromatic carbocycles. The van der Waals surface area contributed by atoms with Gasteiger partial charge >= 0.3 is 0 Å². The monoisotopic (exact) mass is 478 g/mol. The molecule has 5 nitrogen and oxygen atoms in total. The highest BCUT2D eigenvalue weighted by molar-refractivity contribution is 6.11. The highest BCUT2D eigenvalue weighted by atomic mass is 16.2. The van der Waals surface area contributed by atoms with Crippen LogP contribution in [-0.4, -0.2) is 28.7 Å². The molecule has 5 atom stereocenters. The van der Waals surface area contributed by atoms with E-state index in [4.69, 9.17) is 0 Å². The number of carbonyl (C=O) groups excluding carboxylic acids is 3. The Morgan fingerprint density at radius 1 is 0.750 bits per heavy atom. The average Bonchev–Trinajstić information content (AvgIpc) is 3.61. The second-order valence-electron chi connectivity index (χ2n) is 10.4. The van der Waals surface area contributed by atoms with Crippen molar-refractivity contribution >= 4 is 23.4 Å². The normalized spacial score (nSPS) is 25.2. The highest BCUT2D eigenvalue weighted by Gasteiger charge is 2.62. The van der Waals surface area contributed by atoms with Gasteiger partial charge in [0.15, 0.2) is 0 Å². The van der Waals surface area contributed by atoms with Crippen LogP contribution < -0.4 is 4.90 Å². The highest BCUT2D eigenvalue weighted by Crippen LogP contribution is 2.56. The van der Waals surface area contributed by atoms with Gasteiger partial charge in [0.05, 0.1) is 18.4 Å². The number of amides is 3. The maximum Gasteiger partial charge on any atom is 0.250 e. The summed E-state index contributed by atoms with van der Waals surface area (Å²) in [6.07, 6.45) is 3.31. The van der Waals surface area contributed by atoms with Crippen molar-refractivity contribution in [1.82, 2.24) is 4.90 Å². The van der Waals surface area contributed by atoms with Crippen LogP contribution in [0.15, 0.2) is 91.0 Å². The van der Waals surface area contributed by atoms with E-state index in [1.807, 2.05) is 91.0 Å². The van der Waals surface area contributed by atoms with E-state index in [9.17, 15) is 14.4 Å². The van der Waals surface area contributed by atoms with Crippen molar-refractivity contribution in [2.75, 3.05) is 4.90 Å². The second kappa shape index (κ2) is 9.38. The van der Waals surface area contributed by atoms with Gasteiger partial charge in [-0.25, -0.2) is 0 Å². The molecule has 3 fully saturated rings. The summed E-state index contributed by atoms with van der Waals surface area (Å²) in [5.74, 6) is -0.434. The van der Waals surface area contributed by atoms with E-state index in [2.05, 4.69) is 0 Å². The molecule has 182 valence electrons. The van der Waals surface area contributed by atoms with Crippen LogP contribution in [0.1, 0.15) is 30.4 Å². The lowest BCUT2D eigenvalue weighted by Gasteiger charge is -2.32. The van der Waals surface area contributed by atoms with Crippen LogP contribution in [0.5, 0.6) is 0 Å². The molecule has 36 heavy (non-hydrogen) atoms. The van der Waals surface area contributed by atoms with E-state index >= 15 is 0 Å². The average molecular weight is 479 g/mol. The SMILES string of the molecule is O=C([C@H](Cc1ccccc1)N1C(=O)[C@H]2[C@H]3CC[C@@H](C3)[C@@H]2C1=O)N(Cc1ccccc1)c1ccccc1. The maximum atomic E-state index is 14.4. The van der Waals surface area contributed by atoms with Gasteiger partial charge in [0, 0.05) is 12.1 Å². The number of nitrogens with zero attached hydrogens (tertiary/aromatic N) is 2. The Kier molecular flexibility index (Phi) is 5.92. The Hall–Kier alpha value is -3.73. The smallest absolute Gasteiger partial charge is 0.250 e. The molecule has 5 heteroatoms. The van der Waals surface area contributed by atoms with Gasteiger partial charge in [-0.3, -0.25) is 19.3 Å². The molecule has 2 bridgehead atoms. The van der Waals surface area contributed by atoms with E-state index in [0.717, 1.165) is 36.1 Å². The molecule has 6 rings (SSSR count). The number of imide groups is 1. The first-order chi connectivity index (χ1) is 17.6. The number of anilines is 1.